The molecule has 7 heteroatoms. The predicted octanol–water partition coefficient (Wildman–Crippen LogP) is 3.47. The molecule has 2 N–H and O–H groups in total. The molecule has 172 valence electrons. The minimum Gasteiger partial charge on any atom is -0.484 e. The number of carbonyl (C=O) groups excluding carboxylic acids is 2. The highest BCUT2D eigenvalue weighted by atomic mass is 19.1. The maximum Gasteiger partial charge on any atom is 0.261 e. The van der Waals surface area contributed by atoms with Crippen molar-refractivity contribution in [2.75, 3.05) is 19.8 Å². The number of para-hydroxylation sites is 1. The second-order valence-corrected chi connectivity index (χ2v) is 7.43. The van der Waals surface area contributed by atoms with Crippen molar-refractivity contribution in [3.05, 3.63) is 102 Å². The average molecular weight is 451 g/mol. The first-order chi connectivity index (χ1) is 16.1. The first-order valence-corrected chi connectivity index (χ1v) is 10.7. The number of amides is 2. The zero-order chi connectivity index (χ0) is 23.5. The van der Waals surface area contributed by atoms with Crippen LogP contribution in [0.5, 0.6) is 5.75 Å². The Morgan fingerprint density at radius 2 is 1.58 bits per heavy atom. The molecule has 3 aromatic rings. The highest BCUT2D eigenvalue weighted by Crippen LogP contribution is 2.24. The molecule has 0 aromatic heterocycles. The van der Waals surface area contributed by atoms with E-state index < -0.39 is 11.9 Å². The average Bonchev–Trinajstić information content (AvgIpc) is 2.85. The maximum atomic E-state index is 13.4. The molecule has 0 bridgehead atoms. The quantitative estimate of drug-likeness (QED) is 0.439. The summed E-state index contributed by atoms with van der Waals surface area (Å²) in [6.07, 6.45) is 0.399. The molecule has 2 amide bonds. The van der Waals surface area contributed by atoms with Crippen molar-refractivity contribution in [1.29, 1.82) is 0 Å². The van der Waals surface area contributed by atoms with E-state index in [-0.39, 0.29) is 38.0 Å². The summed E-state index contributed by atoms with van der Waals surface area (Å²) in [5, 5.41) is 11.9. The number of aliphatic hydroxyl groups excluding tert-OH is 1. The zero-order valence-corrected chi connectivity index (χ0v) is 18.2. The molecular weight excluding hydrogens is 423 g/mol. The number of hydrogen-bond acceptors (Lipinski definition) is 4. The molecule has 1 atom stereocenters. The van der Waals surface area contributed by atoms with Crippen LogP contribution < -0.4 is 10.1 Å². The molecule has 1 unspecified atom stereocenters. The Hall–Kier alpha value is -3.71. The number of benzene rings is 3. The monoisotopic (exact) mass is 450 g/mol. The molecule has 0 saturated carbocycles. The zero-order valence-electron chi connectivity index (χ0n) is 18.2. The molecule has 33 heavy (non-hydrogen) atoms. The molecule has 3 rings (SSSR count). The lowest BCUT2D eigenvalue weighted by molar-refractivity contribution is -0.143. The fourth-order valence-corrected chi connectivity index (χ4v) is 3.35. The van der Waals surface area contributed by atoms with Crippen LogP contribution in [0.2, 0.25) is 0 Å². The summed E-state index contributed by atoms with van der Waals surface area (Å²) in [5.41, 5.74) is 1.31. The minimum atomic E-state index is -0.929. The Balaban J connectivity index is 1.90. The van der Waals surface area contributed by atoms with Gasteiger partial charge in [-0.3, -0.25) is 9.59 Å². The Morgan fingerprint density at radius 3 is 2.21 bits per heavy atom. The molecule has 0 aliphatic carbocycles. The number of ether oxygens (including phenoxy) is 1. The number of rotatable bonds is 11. The number of nitrogens with one attached hydrogen (secondary N) is 1. The van der Waals surface area contributed by atoms with E-state index in [4.69, 9.17) is 9.84 Å². The van der Waals surface area contributed by atoms with Crippen molar-refractivity contribution in [1.82, 2.24) is 10.2 Å². The Labute approximate surface area is 192 Å². The molecule has 0 fully saturated rings. The van der Waals surface area contributed by atoms with E-state index in [1.807, 2.05) is 12.1 Å². The van der Waals surface area contributed by atoms with Crippen molar-refractivity contribution < 1.29 is 23.8 Å². The van der Waals surface area contributed by atoms with Gasteiger partial charge in [0, 0.05) is 19.7 Å². The molecule has 0 heterocycles. The second-order valence-electron chi connectivity index (χ2n) is 7.43. The topological polar surface area (TPSA) is 78.9 Å². The van der Waals surface area contributed by atoms with Crippen molar-refractivity contribution in [3.8, 4) is 5.75 Å². The lowest BCUT2D eigenvalue weighted by Crippen LogP contribution is -2.45. The molecule has 0 aliphatic rings. The lowest BCUT2D eigenvalue weighted by atomic mass is 10.0. The van der Waals surface area contributed by atoms with Crippen LogP contribution in [0.1, 0.15) is 23.6 Å². The maximum absolute atomic E-state index is 13.4. The highest BCUT2D eigenvalue weighted by Gasteiger charge is 2.31. The number of carbonyl (C=O) groups is 2. The van der Waals surface area contributed by atoms with E-state index >= 15 is 0 Å². The van der Waals surface area contributed by atoms with Gasteiger partial charge in [0.25, 0.3) is 5.91 Å². The van der Waals surface area contributed by atoms with Crippen LogP contribution in [0.3, 0.4) is 0 Å². The van der Waals surface area contributed by atoms with Crippen LogP contribution >= 0.6 is 0 Å². The summed E-state index contributed by atoms with van der Waals surface area (Å²) in [6.45, 7) is 0.0416. The minimum absolute atomic E-state index is 0.0561. The summed E-state index contributed by atoms with van der Waals surface area (Å²) in [6, 6.07) is 22.8. The van der Waals surface area contributed by atoms with Crippen molar-refractivity contribution >= 4 is 11.8 Å². The van der Waals surface area contributed by atoms with Gasteiger partial charge in [-0.25, -0.2) is 4.39 Å². The van der Waals surface area contributed by atoms with E-state index in [0.717, 1.165) is 0 Å². The number of aliphatic hydroxyl groups is 1. The number of halogens is 1. The molecule has 0 spiro atoms. The van der Waals surface area contributed by atoms with Gasteiger partial charge in [-0.2, -0.15) is 0 Å². The summed E-state index contributed by atoms with van der Waals surface area (Å²) in [7, 11) is 0. The van der Waals surface area contributed by atoms with Gasteiger partial charge >= 0.3 is 0 Å². The standard InChI is InChI=1S/C26H27FN2O4/c27-22-14-12-20(13-15-22)18-29(24(31)19-33-23-10-5-2-6-11-23)25(21-8-3-1-4-9-21)26(32)28-16-7-17-30/h1-6,8-15,25,30H,7,16-19H2,(H,28,32). The largest absolute Gasteiger partial charge is 0.484 e. The molecule has 6 nitrogen and oxygen atoms in total. The summed E-state index contributed by atoms with van der Waals surface area (Å²) < 4.78 is 19.1. The first-order valence-electron chi connectivity index (χ1n) is 10.7. The summed E-state index contributed by atoms with van der Waals surface area (Å²) in [4.78, 5) is 28.0. The summed E-state index contributed by atoms with van der Waals surface area (Å²) in [5.74, 6) is -0.610. The van der Waals surface area contributed by atoms with Gasteiger partial charge in [-0.05, 0) is 41.8 Å². The van der Waals surface area contributed by atoms with E-state index in [1.165, 1.54) is 17.0 Å². The van der Waals surface area contributed by atoms with Gasteiger partial charge in [0.2, 0.25) is 5.91 Å². The van der Waals surface area contributed by atoms with Gasteiger partial charge in [-0.15, -0.1) is 0 Å². The Morgan fingerprint density at radius 1 is 0.939 bits per heavy atom. The number of nitrogens with zero attached hydrogens (tertiary/aromatic N) is 1. The van der Waals surface area contributed by atoms with Crippen molar-refractivity contribution in [2.45, 2.75) is 19.0 Å². The van der Waals surface area contributed by atoms with Gasteiger partial charge in [0.15, 0.2) is 6.61 Å². The first kappa shape index (κ1) is 23.9. The Kier molecular flexibility index (Phi) is 8.97. The smallest absolute Gasteiger partial charge is 0.261 e. The van der Waals surface area contributed by atoms with Crippen LogP contribution in [0.15, 0.2) is 84.9 Å². The van der Waals surface area contributed by atoms with Crippen molar-refractivity contribution in [2.24, 2.45) is 0 Å². The van der Waals surface area contributed by atoms with Gasteiger partial charge in [0.05, 0.1) is 0 Å². The molecule has 0 aliphatic heterocycles. The van der Waals surface area contributed by atoms with Gasteiger partial charge < -0.3 is 20.1 Å². The van der Waals surface area contributed by atoms with Gasteiger partial charge in [0.1, 0.15) is 17.6 Å². The van der Waals surface area contributed by atoms with E-state index in [1.54, 1.807) is 60.7 Å². The van der Waals surface area contributed by atoms with Crippen LogP contribution in [-0.2, 0) is 16.1 Å². The predicted molar refractivity (Wildman–Crippen MR) is 123 cm³/mol. The van der Waals surface area contributed by atoms with Crippen LogP contribution in [0.25, 0.3) is 0 Å². The van der Waals surface area contributed by atoms with Crippen LogP contribution in [0.4, 0.5) is 4.39 Å². The fraction of sp³-hybridized carbons (Fsp3) is 0.231. The van der Waals surface area contributed by atoms with E-state index in [9.17, 15) is 14.0 Å². The number of hydrogen-bond donors (Lipinski definition) is 2. The molecule has 0 saturated heterocycles. The highest BCUT2D eigenvalue weighted by molar-refractivity contribution is 5.89. The van der Waals surface area contributed by atoms with Crippen LogP contribution in [-0.4, -0.2) is 41.6 Å². The molecular formula is C26H27FN2O4. The normalized spacial score (nSPS) is 11.5. The third kappa shape index (κ3) is 7.15. The van der Waals surface area contributed by atoms with E-state index in [0.29, 0.717) is 23.3 Å². The van der Waals surface area contributed by atoms with Crippen LogP contribution in [0, 0.1) is 5.82 Å². The summed E-state index contributed by atoms with van der Waals surface area (Å²) >= 11 is 0. The van der Waals surface area contributed by atoms with Crippen molar-refractivity contribution in [3.63, 3.8) is 0 Å². The SMILES string of the molecule is O=C(NCCCO)C(c1ccccc1)N(Cc1ccc(F)cc1)C(=O)COc1ccccc1. The molecule has 3 aromatic carbocycles. The third-order valence-corrected chi connectivity index (χ3v) is 5.00. The lowest BCUT2D eigenvalue weighted by Gasteiger charge is -2.31. The molecule has 0 radical (unpaired) electrons. The van der Waals surface area contributed by atoms with E-state index in [2.05, 4.69) is 5.32 Å². The van der Waals surface area contributed by atoms with Gasteiger partial charge in [-0.1, -0.05) is 60.7 Å². The Bertz CT molecular complexity index is 1010. The second kappa shape index (κ2) is 12.4. The third-order valence-electron chi connectivity index (χ3n) is 5.00. The fourth-order valence-electron chi connectivity index (χ4n) is 3.35.